The Labute approximate surface area is 118 Å². The molecule has 1 aliphatic rings. The summed E-state index contributed by atoms with van der Waals surface area (Å²) in [6.45, 7) is 0. The number of halogens is 2. The molecule has 1 fully saturated rings. The molecule has 0 bridgehead atoms. The zero-order valence-corrected chi connectivity index (χ0v) is 13.6. The van der Waals surface area contributed by atoms with Gasteiger partial charge in [-0.2, -0.15) is 0 Å². The fraction of sp³-hybridized carbons (Fsp3) is 1.00. The molecule has 0 spiro atoms. The van der Waals surface area contributed by atoms with Gasteiger partial charge in [0.05, 0.1) is 0 Å². The van der Waals surface area contributed by atoms with Gasteiger partial charge in [-0.25, -0.2) is 0 Å². The van der Waals surface area contributed by atoms with Crippen LogP contribution in [0.4, 0.5) is 0 Å². The molecule has 16 heavy (non-hydrogen) atoms. The first-order chi connectivity index (χ1) is 7.79. The number of alkyl halides is 2. The van der Waals surface area contributed by atoms with E-state index in [-0.39, 0.29) is 0 Å². The largest absolute Gasteiger partial charge is 0.0891 e. The molecule has 2 unspecified atom stereocenters. The van der Waals surface area contributed by atoms with Crippen molar-refractivity contribution in [2.24, 2.45) is 0 Å². The van der Waals surface area contributed by atoms with Crippen LogP contribution in [0.5, 0.6) is 0 Å². The average molecular weight is 354 g/mol. The fourth-order valence-corrected chi connectivity index (χ4v) is 3.75. The maximum atomic E-state index is 3.82. The molecule has 0 radical (unpaired) electrons. The monoisotopic (exact) mass is 352 g/mol. The van der Waals surface area contributed by atoms with Gasteiger partial charge in [-0.05, 0) is 25.7 Å². The molecular formula is C14H26Br2. The van der Waals surface area contributed by atoms with Crippen molar-refractivity contribution >= 4 is 31.9 Å². The molecule has 0 amide bonds. The Bertz CT molecular complexity index is 143. The third-order valence-electron chi connectivity index (χ3n) is 3.57. The molecule has 0 aromatic heterocycles. The summed E-state index contributed by atoms with van der Waals surface area (Å²) in [5.74, 6) is 0. The van der Waals surface area contributed by atoms with Crippen LogP contribution in [0.25, 0.3) is 0 Å². The van der Waals surface area contributed by atoms with Crippen LogP contribution >= 0.6 is 31.9 Å². The molecule has 96 valence electrons. The second-order valence-corrected chi connectivity index (χ2v) is 7.77. The predicted octanol–water partition coefficient (Wildman–Crippen LogP) is 6.21. The first-order valence-corrected chi connectivity index (χ1v) is 8.90. The van der Waals surface area contributed by atoms with E-state index in [0.717, 1.165) is 9.65 Å². The Kier molecular flexibility index (Phi) is 9.33. The highest BCUT2D eigenvalue weighted by Crippen LogP contribution is 2.23. The van der Waals surface area contributed by atoms with Crippen molar-refractivity contribution in [3.05, 3.63) is 0 Å². The molecule has 1 saturated carbocycles. The van der Waals surface area contributed by atoms with Crippen LogP contribution < -0.4 is 0 Å². The van der Waals surface area contributed by atoms with Gasteiger partial charge in [0.15, 0.2) is 0 Å². The second-order valence-electron chi connectivity index (χ2n) is 5.18. The molecule has 2 atom stereocenters. The van der Waals surface area contributed by atoms with Crippen molar-refractivity contribution in [3.8, 4) is 0 Å². The quantitative estimate of drug-likeness (QED) is 0.454. The van der Waals surface area contributed by atoms with Crippen molar-refractivity contribution in [2.45, 2.75) is 86.7 Å². The van der Waals surface area contributed by atoms with Gasteiger partial charge in [0, 0.05) is 9.65 Å². The van der Waals surface area contributed by atoms with Crippen LogP contribution in [0, 0.1) is 0 Å². The third kappa shape index (κ3) is 8.11. The van der Waals surface area contributed by atoms with E-state index in [1.54, 1.807) is 0 Å². The molecule has 1 aliphatic carbocycles. The van der Waals surface area contributed by atoms with Crippen LogP contribution in [-0.4, -0.2) is 9.65 Å². The molecule has 0 aliphatic heterocycles. The molecular weight excluding hydrogens is 328 g/mol. The van der Waals surface area contributed by atoms with Crippen LogP contribution in [0.2, 0.25) is 0 Å². The highest BCUT2D eigenvalue weighted by atomic mass is 79.9. The zero-order chi connectivity index (χ0) is 11.6. The van der Waals surface area contributed by atoms with E-state index in [1.165, 1.54) is 77.0 Å². The summed E-state index contributed by atoms with van der Waals surface area (Å²) in [4.78, 5) is 1.57. The SMILES string of the molecule is BrC1CCCCCCCC(Br)CCCCC1. The lowest BCUT2D eigenvalue weighted by molar-refractivity contribution is 0.519. The first-order valence-electron chi connectivity index (χ1n) is 7.07. The van der Waals surface area contributed by atoms with Crippen molar-refractivity contribution in [3.63, 3.8) is 0 Å². The summed E-state index contributed by atoms with van der Waals surface area (Å²) >= 11 is 7.63. The number of rotatable bonds is 0. The Hall–Kier alpha value is 0.960. The van der Waals surface area contributed by atoms with Gasteiger partial charge in [0.1, 0.15) is 0 Å². The second kappa shape index (κ2) is 9.94. The van der Waals surface area contributed by atoms with Crippen molar-refractivity contribution in [2.75, 3.05) is 0 Å². The maximum absolute atomic E-state index is 3.82. The lowest BCUT2D eigenvalue weighted by Gasteiger charge is -2.13. The molecule has 0 saturated heterocycles. The normalized spacial score (nSPS) is 31.9. The van der Waals surface area contributed by atoms with Gasteiger partial charge in [0.2, 0.25) is 0 Å². The summed E-state index contributed by atoms with van der Waals surface area (Å²) in [7, 11) is 0. The molecule has 0 aromatic rings. The lowest BCUT2D eigenvalue weighted by atomic mass is 10.0. The lowest BCUT2D eigenvalue weighted by Crippen LogP contribution is -2.01. The molecule has 2 heteroatoms. The summed E-state index contributed by atoms with van der Waals surface area (Å²) < 4.78 is 0. The maximum Gasteiger partial charge on any atom is 0.0145 e. The first kappa shape index (κ1) is 15.0. The van der Waals surface area contributed by atoms with Crippen LogP contribution in [0.3, 0.4) is 0 Å². The van der Waals surface area contributed by atoms with Crippen LogP contribution in [0.15, 0.2) is 0 Å². The molecule has 1 rings (SSSR count). The van der Waals surface area contributed by atoms with Gasteiger partial charge in [-0.15, -0.1) is 0 Å². The van der Waals surface area contributed by atoms with Crippen molar-refractivity contribution in [1.29, 1.82) is 0 Å². The van der Waals surface area contributed by atoms with Crippen LogP contribution in [-0.2, 0) is 0 Å². The van der Waals surface area contributed by atoms with Crippen molar-refractivity contribution < 1.29 is 0 Å². The summed E-state index contributed by atoms with van der Waals surface area (Å²) in [5, 5.41) is 0. The molecule has 0 N–H and O–H groups in total. The predicted molar refractivity (Wildman–Crippen MR) is 80.8 cm³/mol. The van der Waals surface area contributed by atoms with Gasteiger partial charge in [-0.3, -0.25) is 0 Å². The van der Waals surface area contributed by atoms with E-state index in [1.807, 2.05) is 0 Å². The van der Waals surface area contributed by atoms with Crippen LogP contribution in [0.1, 0.15) is 77.0 Å². The van der Waals surface area contributed by atoms with E-state index in [9.17, 15) is 0 Å². The zero-order valence-electron chi connectivity index (χ0n) is 10.4. The van der Waals surface area contributed by atoms with E-state index < -0.39 is 0 Å². The minimum absolute atomic E-state index is 0.787. The summed E-state index contributed by atoms with van der Waals surface area (Å²) in [6, 6.07) is 0. The molecule has 0 heterocycles. The number of hydrogen-bond donors (Lipinski definition) is 0. The minimum Gasteiger partial charge on any atom is -0.0891 e. The van der Waals surface area contributed by atoms with E-state index in [2.05, 4.69) is 31.9 Å². The van der Waals surface area contributed by atoms with Gasteiger partial charge >= 0.3 is 0 Å². The molecule has 0 aromatic carbocycles. The Morgan fingerprint density at radius 2 is 0.688 bits per heavy atom. The fourth-order valence-electron chi connectivity index (χ4n) is 2.46. The summed E-state index contributed by atoms with van der Waals surface area (Å²) in [5.41, 5.74) is 0. The van der Waals surface area contributed by atoms with E-state index >= 15 is 0 Å². The van der Waals surface area contributed by atoms with E-state index in [0.29, 0.717) is 0 Å². The average Bonchev–Trinajstić information content (AvgIpc) is 2.26. The Morgan fingerprint density at radius 1 is 0.438 bits per heavy atom. The van der Waals surface area contributed by atoms with Crippen molar-refractivity contribution in [1.82, 2.24) is 0 Å². The Morgan fingerprint density at radius 3 is 1.06 bits per heavy atom. The number of hydrogen-bond acceptors (Lipinski definition) is 0. The third-order valence-corrected chi connectivity index (χ3v) is 5.40. The molecule has 0 nitrogen and oxygen atoms in total. The standard InChI is InChI=1S/C14H26Br2/c15-13-9-5-2-1-3-6-10-14(16)12-8-4-7-11-13/h13-14H,1-12H2. The van der Waals surface area contributed by atoms with E-state index in [4.69, 9.17) is 0 Å². The summed E-state index contributed by atoms with van der Waals surface area (Å²) in [6.07, 6.45) is 17.0. The Balaban J connectivity index is 2.18. The van der Waals surface area contributed by atoms with Gasteiger partial charge in [0.25, 0.3) is 0 Å². The topological polar surface area (TPSA) is 0 Å². The van der Waals surface area contributed by atoms with Gasteiger partial charge < -0.3 is 0 Å². The highest BCUT2D eigenvalue weighted by Gasteiger charge is 2.07. The highest BCUT2D eigenvalue weighted by molar-refractivity contribution is 9.09. The smallest absolute Gasteiger partial charge is 0.0145 e. The van der Waals surface area contributed by atoms with Gasteiger partial charge in [-0.1, -0.05) is 83.2 Å². The minimum atomic E-state index is 0.787.